The average molecular weight is 427 g/mol. The van der Waals surface area contributed by atoms with E-state index >= 15 is 0 Å². The predicted molar refractivity (Wildman–Crippen MR) is 98.2 cm³/mol. The number of rotatable bonds is 2. The number of fused-ring (bicyclic) bond motifs is 1. The van der Waals surface area contributed by atoms with Crippen LogP contribution in [0, 0.1) is 3.70 Å². The summed E-state index contributed by atoms with van der Waals surface area (Å²) in [5, 5.41) is 9.04. The van der Waals surface area contributed by atoms with Gasteiger partial charge in [-0.3, -0.25) is 4.90 Å². The van der Waals surface area contributed by atoms with Gasteiger partial charge in [0.05, 0.1) is 11.4 Å². The van der Waals surface area contributed by atoms with E-state index in [1.165, 1.54) is 32.3 Å². The minimum absolute atomic E-state index is 0.425. The number of halogens is 1. The topological polar surface area (TPSA) is 84.9 Å². The van der Waals surface area contributed by atoms with Crippen LogP contribution in [0.4, 0.5) is 5.82 Å². The van der Waals surface area contributed by atoms with Crippen molar-refractivity contribution in [3.05, 3.63) is 10.0 Å². The van der Waals surface area contributed by atoms with Crippen LogP contribution in [0.15, 0.2) is 6.33 Å². The molecular weight excluding hydrogens is 405 g/mol. The molecule has 124 valence electrons. The first-order chi connectivity index (χ1) is 11.2. The third kappa shape index (κ3) is 2.91. The lowest BCUT2D eigenvalue weighted by Crippen LogP contribution is -2.49. The lowest BCUT2D eigenvalue weighted by molar-refractivity contribution is 0.121. The van der Waals surface area contributed by atoms with E-state index in [1.54, 1.807) is 0 Å². The summed E-state index contributed by atoms with van der Waals surface area (Å²) in [5.41, 5.74) is 6.88. The molecule has 0 unspecified atom stereocenters. The second-order valence-corrected chi connectivity index (χ2v) is 7.46. The standard InChI is InChI=1S/C15H22IN7/c16-13-12-14(17)19-9-20-15(12)23(21-13)11-3-1-10(2-4-11)22-7-5-18-6-8-22/h9-11,18H,1-8H2,(H2,17,19,20). The van der Waals surface area contributed by atoms with Crippen molar-refractivity contribution >= 4 is 39.4 Å². The molecule has 3 heterocycles. The number of aromatic nitrogens is 4. The first-order valence-electron chi connectivity index (χ1n) is 8.33. The van der Waals surface area contributed by atoms with Crippen molar-refractivity contribution in [1.82, 2.24) is 30.0 Å². The number of nitrogen functional groups attached to an aromatic ring is 1. The normalized spacial score (nSPS) is 26.7. The molecule has 2 aromatic rings. The number of piperazine rings is 1. The molecule has 0 bridgehead atoms. The van der Waals surface area contributed by atoms with Crippen LogP contribution >= 0.6 is 22.6 Å². The summed E-state index contributed by atoms with van der Waals surface area (Å²) in [7, 11) is 0. The molecule has 1 saturated heterocycles. The third-order valence-corrected chi connectivity index (χ3v) is 5.91. The van der Waals surface area contributed by atoms with Gasteiger partial charge in [-0.1, -0.05) is 0 Å². The van der Waals surface area contributed by atoms with E-state index < -0.39 is 0 Å². The molecule has 8 heteroatoms. The largest absolute Gasteiger partial charge is 0.383 e. The number of nitrogens with one attached hydrogen (secondary N) is 1. The molecule has 0 amide bonds. The SMILES string of the molecule is Nc1ncnc2c1c(I)nn2C1CCC(N2CCNCC2)CC1. The summed E-state index contributed by atoms with van der Waals surface area (Å²) in [6.07, 6.45) is 6.33. The molecule has 3 N–H and O–H groups in total. The van der Waals surface area contributed by atoms with Gasteiger partial charge >= 0.3 is 0 Å². The quantitative estimate of drug-likeness (QED) is 0.706. The van der Waals surface area contributed by atoms with Crippen molar-refractivity contribution in [3.63, 3.8) is 0 Å². The highest BCUT2D eigenvalue weighted by atomic mass is 127. The molecule has 2 fully saturated rings. The average Bonchev–Trinajstić information content (AvgIpc) is 2.94. The molecule has 1 aliphatic heterocycles. The van der Waals surface area contributed by atoms with Crippen LogP contribution < -0.4 is 11.1 Å². The van der Waals surface area contributed by atoms with E-state index in [0.717, 1.165) is 46.7 Å². The lowest BCUT2D eigenvalue weighted by atomic mass is 9.90. The lowest BCUT2D eigenvalue weighted by Gasteiger charge is -2.39. The molecule has 1 saturated carbocycles. The van der Waals surface area contributed by atoms with Crippen LogP contribution in [0.5, 0.6) is 0 Å². The highest BCUT2D eigenvalue weighted by Gasteiger charge is 2.29. The maximum Gasteiger partial charge on any atom is 0.164 e. The van der Waals surface area contributed by atoms with Crippen LogP contribution in [-0.4, -0.2) is 56.9 Å². The molecule has 2 aliphatic rings. The molecule has 0 radical (unpaired) electrons. The Morgan fingerprint density at radius 1 is 1.09 bits per heavy atom. The molecule has 0 atom stereocenters. The van der Waals surface area contributed by atoms with E-state index in [4.69, 9.17) is 10.8 Å². The molecule has 0 aromatic carbocycles. The van der Waals surface area contributed by atoms with Gasteiger partial charge < -0.3 is 11.1 Å². The minimum atomic E-state index is 0.425. The maximum absolute atomic E-state index is 6.00. The predicted octanol–water partition coefficient (Wildman–Crippen LogP) is 1.40. The van der Waals surface area contributed by atoms with Gasteiger partial charge in [0.1, 0.15) is 15.8 Å². The van der Waals surface area contributed by atoms with E-state index in [0.29, 0.717) is 11.9 Å². The number of hydrogen-bond donors (Lipinski definition) is 2. The van der Waals surface area contributed by atoms with Crippen molar-refractivity contribution in [2.24, 2.45) is 0 Å². The summed E-state index contributed by atoms with van der Waals surface area (Å²) in [4.78, 5) is 11.2. The zero-order valence-electron chi connectivity index (χ0n) is 13.1. The van der Waals surface area contributed by atoms with E-state index in [2.05, 4.69) is 47.5 Å². The van der Waals surface area contributed by atoms with Gasteiger partial charge in [0, 0.05) is 32.2 Å². The number of hydrogen-bond acceptors (Lipinski definition) is 6. The summed E-state index contributed by atoms with van der Waals surface area (Å²) in [6, 6.07) is 1.16. The van der Waals surface area contributed by atoms with E-state index in [1.807, 2.05) is 0 Å². The fraction of sp³-hybridized carbons (Fsp3) is 0.667. The Hall–Kier alpha value is -1.00. The van der Waals surface area contributed by atoms with Crippen LogP contribution in [-0.2, 0) is 0 Å². The minimum Gasteiger partial charge on any atom is -0.383 e. The van der Waals surface area contributed by atoms with Gasteiger partial charge in [0.25, 0.3) is 0 Å². The van der Waals surface area contributed by atoms with Gasteiger partial charge in [-0.05, 0) is 48.3 Å². The zero-order chi connectivity index (χ0) is 15.8. The summed E-state index contributed by atoms with van der Waals surface area (Å²) in [6.45, 7) is 4.61. The first kappa shape index (κ1) is 15.5. The Morgan fingerprint density at radius 3 is 2.52 bits per heavy atom. The number of nitrogens with zero attached hydrogens (tertiary/aromatic N) is 5. The van der Waals surface area contributed by atoms with Crippen LogP contribution in [0.2, 0.25) is 0 Å². The van der Waals surface area contributed by atoms with Crippen molar-refractivity contribution in [2.45, 2.75) is 37.8 Å². The smallest absolute Gasteiger partial charge is 0.164 e. The summed E-state index contributed by atoms with van der Waals surface area (Å²) < 4.78 is 2.99. The monoisotopic (exact) mass is 427 g/mol. The van der Waals surface area contributed by atoms with Gasteiger partial charge in [-0.25, -0.2) is 14.6 Å². The van der Waals surface area contributed by atoms with Gasteiger partial charge in [0.2, 0.25) is 0 Å². The van der Waals surface area contributed by atoms with Crippen LogP contribution in [0.25, 0.3) is 11.0 Å². The molecule has 2 aromatic heterocycles. The van der Waals surface area contributed by atoms with Crippen molar-refractivity contribution in [3.8, 4) is 0 Å². The van der Waals surface area contributed by atoms with Crippen molar-refractivity contribution < 1.29 is 0 Å². The zero-order valence-corrected chi connectivity index (χ0v) is 15.2. The Bertz CT molecular complexity index is 686. The van der Waals surface area contributed by atoms with Gasteiger partial charge in [-0.2, -0.15) is 5.10 Å². The van der Waals surface area contributed by atoms with Crippen LogP contribution in [0.1, 0.15) is 31.7 Å². The highest BCUT2D eigenvalue weighted by molar-refractivity contribution is 14.1. The summed E-state index contributed by atoms with van der Waals surface area (Å²) >= 11 is 2.23. The van der Waals surface area contributed by atoms with Crippen molar-refractivity contribution in [2.75, 3.05) is 31.9 Å². The maximum atomic E-state index is 6.00. The fourth-order valence-electron chi connectivity index (χ4n) is 3.92. The van der Waals surface area contributed by atoms with Gasteiger partial charge in [0.15, 0.2) is 5.65 Å². The Kier molecular flexibility index (Phi) is 4.37. The van der Waals surface area contributed by atoms with E-state index in [-0.39, 0.29) is 0 Å². The fourth-order valence-corrected chi connectivity index (χ4v) is 4.67. The second kappa shape index (κ2) is 6.48. The Morgan fingerprint density at radius 2 is 1.78 bits per heavy atom. The summed E-state index contributed by atoms with van der Waals surface area (Å²) in [5.74, 6) is 0.528. The van der Waals surface area contributed by atoms with Crippen LogP contribution in [0.3, 0.4) is 0 Å². The molecule has 7 nitrogen and oxygen atoms in total. The molecule has 23 heavy (non-hydrogen) atoms. The van der Waals surface area contributed by atoms with Crippen molar-refractivity contribution in [1.29, 1.82) is 0 Å². The Labute approximate surface area is 149 Å². The van der Waals surface area contributed by atoms with E-state index in [9.17, 15) is 0 Å². The number of anilines is 1. The molecule has 1 aliphatic carbocycles. The second-order valence-electron chi connectivity index (χ2n) is 6.44. The van der Waals surface area contributed by atoms with Gasteiger partial charge in [-0.15, -0.1) is 0 Å². The Balaban J connectivity index is 1.51. The molecule has 4 rings (SSSR count). The highest BCUT2D eigenvalue weighted by Crippen LogP contribution is 2.34. The molecular formula is C15H22IN7. The number of nitrogens with two attached hydrogens (primary N) is 1. The first-order valence-corrected chi connectivity index (χ1v) is 9.41. The third-order valence-electron chi connectivity index (χ3n) is 5.16. The molecule has 0 spiro atoms.